The van der Waals surface area contributed by atoms with Crippen molar-refractivity contribution >= 4 is 27.6 Å². The van der Waals surface area contributed by atoms with Gasteiger partial charge in [-0.25, -0.2) is 18.4 Å². The first-order valence-electron chi connectivity index (χ1n) is 9.06. The number of nitrogens with one attached hydrogen (secondary N) is 1. The molecule has 0 saturated heterocycles. The number of methoxy groups -OCH3 is 1. The van der Waals surface area contributed by atoms with Crippen LogP contribution in [-0.2, 0) is 14.8 Å². The highest BCUT2D eigenvalue weighted by molar-refractivity contribution is 7.89. The van der Waals surface area contributed by atoms with E-state index in [9.17, 15) is 18.0 Å². The van der Waals surface area contributed by atoms with Crippen LogP contribution in [0.1, 0.15) is 11.6 Å². The number of carbonyl (C=O) groups is 2. The molecule has 2 aliphatic rings. The Bertz CT molecular complexity index is 1160. The molecule has 0 aromatic heterocycles. The molecule has 10 heteroatoms. The number of hydrogen-bond acceptors (Lipinski definition) is 5. The Morgan fingerprint density at radius 2 is 1.70 bits per heavy atom. The number of rotatable bonds is 4. The van der Waals surface area contributed by atoms with E-state index in [4.69, 9.17) is 9.88 Å². The quantitative estimate of drug-likeness (QED) is 0.761. The molecule has 4 rings (SSSR count). The number of ether oxygens (including phenoxy) is 1. The van der Waals surface area contributed by atoms with E-state index in [1.807, 2.05) is 0 Å². The van der Waals surface area contributed by atoms with Crippen LogP contribution in [0.4, 0.5) is 10.5 Å². The van der Waals surface area contributed by atoms with Crippen LogP contribution in [0.3, 0.4) is 0 Å². The first kappa shape index (κ1) is 19.9. The fourth-order valence-electron chi connectivity index (χ4n) is 3.64. The predicted octanol–water partition coefficient (Wildman–Crippen LogP) is 1.34. The lowest BCUT2D eigenvalue weighted by molar-refractivity contribution is -0.114. The summed E-state index contributed by atoms with van der Waals surface area (Å²) in [6.07, 6.45) is 0. The van der Waals surface area contributed by atoms with Crippen molar-refractivity contribution in [3.63, 3.8) is 0 Å². The molecule has 0 radical (unpaired) electrons. The van der Waals surface area contributed by atoms with Crippen molar-refractivity contribution in [2.45, 2.75) is 10.9 Å². The zero-order chi connectivity index (χ0) is 21.6. The standard InChI is InChI=1S/C20H20N4O5S/c1-23-16-11-24(13-5-9-15(10-6-13)30(21,27)28)19(25)17(16)18(22-20(23)26)12-3-7-14(29-2)8-4-12/h3-10,18H,11H2,1-2H3,(H,22,26)(H2,21,27,28)/t18-/m0/s1. The smallest absolute Gasteiger partial charge is 0.322 e. The van der Waals surface area contributed by atoms with Gasteiger partial charge in [-0.1, -0.05) is 12.1 Å². The SMILES string of the molecule is COc1ccc([C@@H]2NC(=O)N(C)C3=C2C(=O)N(c2ccc(S(N)(=O)=O)cc2)C3)cc1. The highest BCUT2D eigenvalue weighted by Crippen LogP contribution is 2.38. The Kier molecular flexibility index (Phi) is 4.75. The summed E-state index contributed by atoms with van der Waals surface area (Å²) in [4.78, 5) is 28.7. The monoisotopic (exact) mass is 428 g/mol. The largest absolute Gasteiger partial charge is 0.497 e. The van der Waals surface area contributed by atoms with Crippen molar-refractivity contribution in [1.29, 1.82) is 0 Å². The molecule has 0 aliphatic carbocycles. The van der Waals surface area contributed by atoms with E-state index in [-0.39, 0.29) is 23.4 Å². The fourth-order valence-corrected chi connectivity index (χ4v) is 4.15. The number of amides is 3. The van der Waals surface area contributed by atoms with Gasteiger partial charge in [-0.15, -0.1) is 0 Å². The van der Waals surface area contributed by atoms with Gasteiger partial charge in [0.15, 0.2) is 0 Å². The lowest BCUT2D eigenvalue weighted by Crippen LogP contribution is -2.45. The minimum Gasteiger partial charge on any atom is -0.497 e. The topological polar surface area (TPSA) is 122 Å². The van der Waals surface area contributed by atoms with Gasteiger partial charge in [0.25, 0.3) is 5.91 Å². The van der Waals surface area contributed by atoms with Crippen molar-refractivity contribution in [2.24, 2.45) is 5.14 Å². The van der Waals surface area contributed by atoms with Crippen LogP contribution in [0.2, 0.25) is 0 Å². The van der Waals surface area contributed by atoms with Gasteiger partial charge in [0.1, 0.15) is 5.75 Å². The van der Waals surface area contributed by atoms with Crippen LogP contribution >= 0.6 is 0 Å². The maximum Gasteiger partial charge on any atom is 0.322 e. The van der Waals surface area contributed by atoms with Gasteiger partial charge in [0, 0.05) is 12.7 Å². The van der Waals surface area contributed by atoms with Gasteiger partial charge in [-0.2, -0.15) is 0 Å². The number of likely N-dealkylation sites (N-methyl/N-ethyl adjacent to an activating group) is 1. The lowest BCUT2D eigenvalue weighted by atomic mass is 9.95. The Hall–Kier alpha value is -3.37. The fraction of sp³-hybridized carbons (Fsp3) is 0.200. The minimum atomic E-state index is -3.83. The molecule has 2 aliphatic heterocycles. The minimum absolute atomic E-state index is 0.0410. The van der Waals surface area contributed by atoms with E-state index in [2.05, 4.69) is 5.32 Å². The molecular weight excluding hydrogens is 408 g/mol. The van der Waals surface area contributed by atoms with E-state index in [1.165, 1.54) is 34.1 Å². The summed E-state index contributed by atoms with van der Waals surface area (Å²) in [7, 11) is -0.662. The zero-order valence-electron chi connectivity index (χ0n) is 16.3. The molecule has 0 saturated carbocycles. The lowest BCUT2D eigenvalue weighted by Gasteiger charge is -2.31. The van der Waals surface area contributed by atoms with Crippen molar-refractivity contribution in [2.75, 3.05) is 25.6 Å². The third-order valence-corrected chi connectivity index (χ3v) is 6.22. The van der Waals surface area contributed by atoms with E-state index in [0.717, 1.165) is 5.56 Å². The zero-order valence-corrected chi connectivity index (χ0v) is 17.1. The van der Waals surface area contributed by atoms with Gasteiger partial charge in [-0.3, -0.25) is 9.69 Å². The second kappa shape index (κ2) is 7.15. The van der Waals surface area contributed by atoms with E-state index in [1.54, 1.807) is 38.4 Å². The number of sulfonamides is 1. The van der Waals surface area contributed by atoms with Gasteiger partial charge in [0.2, 0.25) is 10.0 Å². The average molecular weight is 428 g/mol. The molecule has 156 valence electrons. The summed E-state index contributed by atoms with van der Waals surface area (Å²) in [5, 5.41) is 8.01. The second-order valence-corrected chi connectivity index (χ2v) is 8.57. The maximum absolute atomic E-state index is 13.3. The summed E-state index contributed by atoms with van der Waals surface area (Å²) < 4.78 is 28.2. The first-order chi connectivity index (χ1) is 14.2. The molecule has 2 heterocycles. The Balaban J connectivity index is 1.70. The van der Waals surface area contributed by atoms with Gasteiger partial charge < -0.3 is 15.0 Å². The van der Waals surface area contributed by atoms with Crippen molar-refractivity contribution < 1.29 is 22.7 Å². The number of hydrogen-bond donors (Lipinski definition) is 2. The number of primary sulfonamides is 1. The van der Waals surface area contributed by atoms with Crippen LogP contribution in [0, 0.1) is 0 Å². The highest BCUT2D eigenvalue weighted by Gasteiger charge is 2.43. The summed E-state index contributed by atoms with van der Waals surface area (Å²) in [6.45, 7) is 0.194. The van der Waals surface area contributed by atoms with E-state index in [0.29, 0.717) is 22.7 Å². The third kappa shape index (κ3) is 3.29. The predicted molar refractivity (Wildman–Crippen MR) is 109 cm³/mol. The molecule has 3 N–H and O–H groups in total. The molecule has 30 heavy (non-hydrogen) atoms. The normalized spacial score (nSPS) is 19.1. The Morgan fingerprint density at radius 3 is 2.27 bits per heavy atom. The van der Waals surface area contributed by atoms with Crippen molar-refractivity contribution in [3.05, 3.63) is 65.4 Å². The van der Waals surface area contributed by atoms with Crippen molar-refractivity contribution in [1.82, 2.24) is 10.2 Å². The summed E-state index contributed by atoms with van der Waals surface area (Å²) in [6, 6.07) is 12.0. The average Bonchev–Trinajstić information content (AvgIpc) is 3.08. The van der Waals surface area contributed by atoms with Crippen LogP contribution in [-0.4, -0.2) is 46.0 Å². The van der Waals surface area contributed by atoms with E-state index < -0.39 is 16.1 Å². The Morgan fingerprint density at radius 1 is 1.07 bits per heavy atom. The van der Waals surface area contributed by atoms with E-state index >= 15 is 0 Å². The number of nitrogens with two attached hydrogens (primary N) is 1. The molecule has 0 spiro atoms. The molecule has 9 nitrogen and oxygen atoms in total. The third-order valence-electron chi connectivity index (χ3n) is 5.29. The second-order valence-electron chi connectivity index (χ2n) is 7.01. The number of nitrogens with zero attached hydrogens (tertiary/aromatic N) is 2. The molecule has 3 amide bonds. The Labute approximate surface area is 173 Å². The van der Waals surface area contributed by atoms with Gasteiger partial charge in [0.05, 0.1) is 35.9 Å². The van der Waals surface area contributed by atoms with Crippen molar-refractivity contribution in [3.8, 4) is 5.75 Å². The summed E-state index contributed by atoms with van der Waals surface area (Å²) >= 11 is 0. The molecule has 1 atom stereocenters. The molecular formula is C20H20N4O5S. The van der Waals surface area contributed by atoms with Gasteiger partial charge in [-0.05, 0) is 42.0 Å². The van der Waals surface area contributed by atoms with Crippen LogP contribution in [0.15, 0.2) is 64.7 Å². The molecule has 2 aromatic carbocycles. The molecule has 0 fully saturated rings. The van der Waals surface area contributed by atoms with Crippen LogP contribution in [0.5, 0.6) is 5.75 Å². The number of urea groups is 1. The molecule has 0 unspecified atom stereocenters. The molecule has 2 aromatic rings. The van der Waals surface area contributed by atoms with Crippen LogP contribution < -0.4 is 20.1 Å². The highest BCUT2D eigenvalue weighted by atomic mass is 32.2. The number of benzene rings is 2. The molecule has 0 bridgehead atoms. The first-order valence-corrected chi connectivity index (χ1v) is 10.6. The van der Waals surface area contributed by atoms with Gasteiger partial charge >= 0.3 is 6.03 Å². The number of carbonyl (C=O) groups excluding carboxylic acids is 2. The number of anilines is 1. The maximum atomic E-state index is 13.3. The van der Waals surface area contributed by atoms with Crippen LogP contribution in [0.25, 0.3) is 0 Å². The summed E-state index contributed by atoms with van der Waals surface area (Å²) in [5.74, 6) is 0.405. The summed E-state index contributed by atoms with van der Waals surface area (Å²) in [5.41, 5.74) is 2.33.